The molecular formula is C16H18ClN3O. The molecule has 0 spiro atoms. The Morgan fingerprint density at radius 1 is 1.19 bits per heavy atom. The summed E-state index contributed by atoms with van der Waals surface area (Å²) in [5, 5.41) is 3.30. The number of nitrogens with zero attached hydrogens (tertiary/aromatic N) is 1. The van der Waals surface area contributed by atoms with E-state index in [0.717, 1.165) is 16.9 Å². The van der Waals surface area contributed by atoms with E-state index in [0.29, 0.717) is 16.3 Å². The van der Waals surface area contributed by atoms with Crippen LogP contribution in [0.25, 0.3) is 0 Å². The summed E-state index contributed by atoms with van der Waals surface area (Å²) in [5.41, 5.74) is 9.53. The molecule has 0 aliphatic carbocycles. The fourth-order valence-corrected chi connectivity index (χ4v) is 2.36. The lowest BCUT2D eigenvalue weighted by atomic mass is 10.1. The van der Waals surface area contributed by atoms with Gasteiger partial charge in [-0.25, -0.2) is 0 Å². The third-order valence-electron chi connectivity index (χ3n) is 3.13. The van der Waals surface area contributed by atoms with Crippen molar-refractivity contribution in [2.75, 3.05) is 30.0 Å². The molecule has 0 aliphatic heterocycles. The van der Waals surface area contributed by atoms with Gasteiger partial charge in [0.2, 0.25) is 0 Å². The van der Waals surface area contributed by atoms with E-state index in [4.69, 9.17) is 17.3 Å². The molecule has 0 fully saturated rings. The minimum absolute atomic E-state index is 0.238. The van der Waals surface area contributed by atoms with Crippen molar-refractivity contribution in [1.29, 1.82) is 0 Å². The number of nitrogen functional groups attached to an aromatic ring is 1. The van der Waals surface area contributed by atoms with Crippen molar-refractivity contribution in [1.82, 2.24) is 0 Å². The molecule has 2 aromatic rings. The normalized spacial score (nSPS) is 10.3. The summed E-state index contributed by atoms with van der Waals surface area (Å²) in [6.07, 6.45) is 0. The van der Waals surface area contributed by atoms with Crippen molar-refractivity contribution in [2.45, 2.75) is 6.92 Å². The number of benzene rings is 2. The van der Waals surface area contributed by atoms with E-state index in [9.17, 15) is 4.79 Å². The number of carbonyl (C=O) groups is 1. The number of nitrogens with two attached hydrogens (primary N) is 1. The molecule has 2 rings (SSSR count). The molecule has 0 saturated carbocycles. The van der Waals surface area contributed by atoms with Crippen LogP contribution in [0.5, 0.6) is 0 Å². The van der Waals surface area contributed by atoms with Crippen molar-refractivity contribution in [3.05, 3.63) is 52.5 Å². The van der Waals surface area contributed by atoms with Crippen molar-refractivity contribution in [3.63, 3.8) is 0 Å². The molecule has 3 N–H and O–H groups in total. The van der Waals surface area contributed by atoms with Gasteiger partial charge < -0.3 is 16.0 Å². The molecule has 4 nitrogen and oxygen atoms in total. The molecule has 110 valence electrons. The predicted molar refractivity (Wildman–Crippen MR) is 89.3 cm³/mol. The smallest absolute Gasteiger partial charge is 0.255 e. The van der Waals surface area contributed by atoms with Crippen LogP contribution in [0.3, 0.4) is 0 Å². The number of rotatable bonds is 3. The second-order valence-electron chi connectivity index (χ2n) is 5.12. The summed E-state index contributed by atoms with van der Waals surface area (Å²) in [5.74, 6) is -0.238. The molecule has 0 aromatic heterocycles. The highest BCUT2D eigenvalue weighted by Crippen LogP contribution is 2.23. The Balaban J connectivity index is 2.25. The summed E-state index contributed by atoms with van der Waals surface area (Å²) >= 11 is 5.92. The molecule has 5 heteroatoms. The number of halogens is 1. The maximum absolute atomic E-state index is 12.2. The van der Waals surface area contributed by atoms with Crippen LogP contribution in [-0.4, -0.2) is 20.0 Å². The van der Waals surface area contributed by atoms with Gasteiger partial charge in [-0.2, -0.15) is 0 Å². The van der Waals surface area contributed by atoms with Crippen molar-refractivity contribution < 1.29 is 4.79 Å². The van der Waals surface area contributed by atoms with Gasteiger partial charge in [0.05, 0.1) is 0 Å². The topological polar surface area (TPSA) is 58.4 Å². The van der Waals surface area contributed by atoms with E-state index in [1.807, 2.05) is 44.1 Å². The highest BCUT2D eigenvalue weighted by atomic mass is 35.5. The highest BCUT2D eigenvalue weighted by Gasteiger charge is 2.09. The lowest BCUT2D eigenvalue weighted by Crippen LogP contribution is -2.14. The summed E-state index contributed by atoms with van der Waals surface area (Å²) in [6, 6.07) is 10.6. The van der Waals surface area contributed by atoms with Crippen LogP contribution in [0.15, 0.2) is 36.4 Å². The van der Waals surface area contributed by atoms with Crippen LogP contribution in [0.4, 0.5) is 17.1 Å². The first kappa shape index (κ1) is 15.2. The summed E-state index contributed by atoms with van der Waals surface area (Å²) in [4.78, 5) is 14.2. The van der Waals surface area contributed by atoms with Gasteiger partial charge in [-0.05, 0) is 42.8 Å². The number of hydrogen-bond acceptors (Lipinski definition) is 3. The number of anilines is 3. The zero-order valence-electron chi connectivity index (χ0n) is 12.3. The van der Waals surface area contributed by atoms with Gasteiger partial charge in [0.25, 0.3) is 5.91 Å². The van der Waals surface area contributed by atoms with Gasteiger partial charge in [-0.15, -0.1) is 0 Å². The van der Waals surface area contributed by atoms with E-state index in [1.165, 1.54) is 0 Å². The van der Waals surface area contributed by atoms with Crippen LogP contribution in [0.2, 0.25) is 5.02 Å². The molecule has 0 atom stereocenters. The second kappa shape index (κ2) is 6.06. The van der Waals surface area contributed by atoms with Gasteiger partial charge in [0.1, 0.15) is 0 Å². The maximum Gasteiger partial charge on any atom is 0.255 e. The van der Waals surface area contributed by atoms with Gasteiger partial charge in [-0.3, -0.25) is 4.79 Å². The third-order valence-corrected chi connectivity index (χ3v) is 3.35. The number of aryl methyl sites for hydroxylation is 1. The predicted octanol–water partition coefficient (Wildman–Crippen LogP) is 3.55. The summed E-state index contributed by atoms with van der Waals surface area (Å²) in [6.45, 7) is 2.03. The largest absolute Gasteiger partial charge is 0.399 e. The standard InChI is InChI=1S/C16H18ClN3O/c1-10-4-5-14(9-15(10)20(2)3)19-16(21)11-6-12(17)8-13(18)7-11/h4-9H,18H2,1-3H3,(H,19,21). The van der Waals surface area contributed by atoms with Crippen LogP contribution < -0.4 is 16.0 Å². The minimum Gasteiger partial charge on any atom is -0.399 e. The van der Waals surface area contributed by atoms with Gasteiger partial charge in [-0.1, -0.05) is 17.7 Å². The lowest BCUT2D eigenvalue weighted by molar-refractivity contribution is 0.102. The average molecular weight is 304 g/mol. The fraction of sp³-hybridized carbons (Fsp3) is 0.188. The van der Waals surface area contributed by atoms with E-state index < -0.39 is 0 Å². The van der Waals surface area contributed by atoms with E-state index in [1.54, 1.807) is 18.2 Å². The Morgan fingerprint density at radius 3 is 2.52 bits per heavy atom. The van der Waals surface area contributed by atoms with Crippen LogP contribution in [-0.2, 0) is 0 Å². The monoisotopic (exact) mass is 303 g/mol. The first-order valence-corrected chi connectivity index (χ1v) is 6.90. The minimum atomic E-state index is -0.238. The van der Waals surface area contributed by atoms with Crippen LogP contribution >= 0.6 is 11.6 Å². The summed E-state index contributed by atoms with van der Waals surface area (Å²) < 4.78 is 0. The first-order valence-electron chi connectivity index (χ1n) is 6.52. The van der Waals surface area contributed by atoms with Gasteiger partial charge in [0.15, 0.2) is 0 Å². The first-order chi connectivity index (χ1) is 9.86. The highest BCUT2D eigenvalue weighted by molar-refractivity contribution is 6.31. The number of nitrogens with one attached hydrogen (secondary N) is 1. The van der Waals surface area contributed by atoms with Crippen LogP contribution in [0.1, 0.15) is 15.9 Å². The van der Waals surface area contributed by atoms with Gasteiger partial charge in [0, 0.05) is 41.7 Å². The average Bonchev–Trinajstić information content (AvgIpc) is 2.39. The van der Waals surface area contributed by atoms with Crippen molar-refractivity contribution in [3.8, 4) is 0 Å². The Bertz CT molecular complexity index is 663. The Labute approximate surface area is 129 Å². The zero-order chi connectivity index (χ0) is 15.6. The maximum atomic E-state index is 12.2. The van der Waals surface area contributed by atoms with E-state index in [2.05, 4.69) is 5.32 Å². The molecule has 21 heavy (non-hydrogen) atoms. The molecule has 0 saturated heterocycles. The lowest BCUT2D eigenvalue weighted by Gasteiger charge is -2.17. The quantitative estimate of drug-likeness (QED) is 0.853. The molecule has 0 bridgehead atoms. The number of hydrogen-bond donors (Lipinski definition) is 2. The zero-order valence-corrected chi connectivity index (χ0v) is 13.0. The molecule has 0 heterocycles. The third kappa shape index (κ3) is 3.67. The van der Waals surface area contributed by atoms with Crippen molar-refractivity contribution in [2.24, 2.45) is 0 Å². The fourth-order valence-electron chi connectivity index (χ4n) is 2.12. The molecule has 2 aromatic carbocycles. The van der Waals surface area contributed by atoms with Crippen molar-refractivity contribution >= 4 is 34.6 Å². The summed E-state index contributed by atoms with van der Waals surface area (Å²) in [7, 11) is 3.93. The Kier molecular flexibility index (Phi) is 4.38. The molecule has 0 unspecified atom stereocenters. The molecule has 0 radical (unpaired) electrons. The number of amides is 1. The Hall–Kier alpha value is -2.20. The molecule has 1 amide bonds. The molecular weight excluding hydrogens is 286 g/mol. The van der Waals surface area contributed by atoms with E-state index >= 15 is 0 Å². The molecule has 0 aliphatic rings. The van der Waals surface area contributed by atoms with Gasteiger partial charge >= 0.3 is 0 Å². The Morgan fingerprint density at radius 2 is 1.90 bits per heavy atom. The van der Waals surface area contributed by atoms with Crippen LogP contribution in [0, 0.1) is 6.92 Å². The van der Waals surface area contributed by atoms with E-state index in [-0.39, 0.29) is 5.91 Å². The second-order valence-corrected chi connectivity index (χ2v) is 5.56. The number of carbonyl (C=O) groups excluding carboxylic acids is 1. The SMILES string of the molecule is Cc1ccc(NC(=O)c2cc(N)cc(Cl)c2)cc1N(C)C.